The molecule has 7 heteroatoms. The van der Waals surface area contributed by atoms with Crippen molar-refractivity contribution in [3.8, 4) is 0 Å². The normalized spacial score (nSPS) is 15.7. The standard InChI is InChI=1S/C11H16F2N2O2S/c1-7(18(16,17)15(2)3)11(14)9-6-8(12)4-5-10(9)13/h4-7,11H,14H2,1-3H3. The molecule has 0 bridgehead atoms. The van der Waals surface area contributed by atoms with Crippen molar-refractivity contribution in [2.45, 2.75) is 18.2 Å². The Hall–Kier alpha value is -1.05. The topological polar surface area (TPSA) is 63.4 Å². The molecule has 0 aliphatic heterocycles. The van der Waals surface area contributed by atoms with E-state index in [0.717, 1.165) is 22.5 Å². The van der Waals surface area contributed by atoms with Crippen LogP contribution in [0.25, 0.3) is 0 Å². The Morgan fingerprint density at radius 2 is 1.83 bits per heavy atom. The summed E-state index contributed by atoms with van der Waals surface area (Å²) < 4.78 is 51.3. The number of hydrogen-bond donors (Lipinski definition) is 1. The number of nitrogens with two attached hydrogens (primary N) is 1. The van der Waals surface area contributed by atoms with Crippen LogP contribution in [0.1, 0.15) is 18.5 Å². The molecular formula is C11H16F2N2O2S. The Morgan fingerprint density at radius 1 is 1.28 bits per heavy atom. The molecule has 0 aliphatic rings. The van der Waals surface area contributed by atoms with Crippen LogP contribution in [0.3, 0.4) is 0 Å². The van der Waals surface area contributed by atoms with E-state index in [-0.39, 0.29) is 5.56 Å². The third-order valence-corrected chi connectivity index (χ3v) is 5.05. The minimum absolute atomic E-state index is 0.145. The van der Waals surface area contributed by atoms with Crippen molar-refractivity contribution in [2.75, 3.05) is 14.1 Å². The molecule has 0 spiro atoms. The van der Waals surface area contributed by atoms with Crippen molar-refractivity contribution in [3.05, 3.63) is 35.4 Å². The highest BCUT2D eigenvalue weighted by molar-refractivity contribution is 7.89. The first-order valence-corrected chi connectivity index (χ1v) is 6.80. The summed E-state index contributed by atoms with van der Waals surface area (Å²) in [5.74, 6) is -1.37. The van der Waals surface area contributed by atoms with Gasteiger partial charge in [0.15, 0.2) is 0 Å². The molecule has 0 aromatic heterocycles. The van der Waals surface area contributed by atoms with E-state index in [9.17, 15) is 17.2 Å². The number of halogens is 2. The Balaban J connectivity index is 3.15. The number of rotatable bonds is 4. The third-order valence-electron chi connectivity index (χ3n) is 2.80. The van der Waals surface area contributed by atoms with E-state index >= 15 is 0 Å². The highest BCUT2D eigenvalue weighted by Gasteiger charge is 2.31. The molecule has 0 heterocycles. The minimum atomic E-state index is -3.63. The van der Waals surface area contributed by atoms with Crippen LogP contribution in [-0.4, -0.2) is 32.1 Å². The fourth-order valence-corrected chi connectivity index (χ4v) is 2.72. The Kier molecular flexibility index (Phi) is 4.41. The third kappa shape index (κ3) is 2.85. The van der Waals surface area contributed by atoms with Gasteiger partial charge in [-0.15, -0.1) is 0 Å². The number of benzene rings is 1. The molecule has 2 N–H and O–H groups in total. The molecule has 2 atom stereocenters. The van der Waals surface area contributed by atoms with Gasteiger partial charge in [0.1, 0.15) is 11.6 Å². The molecule has 0 amide bonds. The number of sulfonamides is 1. The molecule has 0 saturated carbocycles. The van der Waals surface area contributed by atoms with Gasteiger partial charge in [-0.1, -0.05) is 0 Å². The minimum Gasteiger partial charge on any atom is -0.323 e. The van der Waals surface area contributed by atoms with Crippen LogP contribution in [-0.2, 0) is 10.0 Å². The lowest BCUT2D eigenvalue weighted by Gasteiger charge is -2.24. The molecule has 102 valence electrons. The van der Waals surface area contributed by atoms with E-state index in [2.05, 4.69) is 0 Å². The molecule has 0 saturated heterocycles. The highest BCUT2D eigenvalue weighted by Crippen LogP contribution is 2.24. The van der Waals surface area contributed by atoms with Gasteiger partial charge in [0.25, 0.3) is 0 Å². The first-order valence-electron chi connectivity index (χ1n) is 5.29. The molecule has 18 heavy (non-hydrogen) atoms. The zero-order valence-electron chi connectivity index (χ0n) is 10.4. The van der Waals surface area contributed by atoms with E-state index in [1.54, 1.807) is 0 Å². The molecule has 2 unspecified atom stereocenters. The summed E-state index contributed by atoms with van der Waals surface area (Å²) in [6, 6.07) is 1.67. The maximum absolute atomic E-state index is 13.5. The Bertz CT molecular complexity index is 532. The summed E-state index contributed by atoms with van der Waals surface area (Å²) in [6.45, 7) is 1.37. The highest BCUT2D eigenvalue weighted by atomic mass is 32.2. The summed E-state index contributed by atoms with van der Waals surface area (Å²) in [5.41, 5.74) is 5.57. The predicted molar refractivity (Wildman–Crippen MR) is 65.4 cm³/mol. The van der Waals surface area contributed by atoms with E-state index in [1.807, 2.05) is 0 Å². The van der Waals surface area contributed by atoms with Gasteiger partial charge < -0.3 is 5.73 Å². The zero-order chi connectivity index (χ0) is 14.1. The molecular weight excluding hydrogens is 262 g/mol. The van der Waals surface area contributed by atoms with Crippen LogP contribution in [0.2, 0.25) is 0 Å². The molecule has 4 nitrogen and oxygen atoms in total. The molecule has 1 aromatic carbocycles. The summed E-state index contributed by atoms with van der Waals surface area (Å²) in [5, 5.41) is -1.05. The Labute approximate surface area is 105 Å². The molecule has 1 rings (SSSR count). The van der Waals surface area contributed by atoms with Gasteiger partial charge in [0.05, 0.1) is 11.3 Å². The Morgan fingerprint density at radius 3 is 2.33 bits per heavy atom. The molecule has 0 aliphatic carbocycles. The van der Waals surface area contributed by atoms with E-state index in [0.29, 0.717) is 0 Å². The van der Waals surface area contributed by atoms with Crippen molar-refractivity contribution in [1.29, 1.82) is 0 Å². The number of nitrogens with zero attached hydrogens (tertiary/aromatic N) is 1. The van der Waals surface area contributed by atoms with Crippen LogP contribution in [0.5, 0.6) is 0 Å². The molecule has 0 radical (unpaired) electrons. The second-order valence-electron chi connectivity index (χ2n) is 4.22. The SMILES string of the molecule is CC(C(N)c1cc(F)ccc1F)S(=O)(=O)N(C)C. The zero-order valence-corrected chi connectivity index (χ0v) is 11.2. The van der Waals surface area contributed by atoms with E-state index in [4.69, 9.17) is 5.73 Å². The largest absolute Gasteiger partial charge is 0.323 e. The van der Waals surface area contributed by atoms with Crippen molar-refractivity contribution in [3.63, 3.8) is 0 Å². The van der Waals surface area contributed by atoms with Gasteiger partial charge in [-0.05, 0) is 25.1 Å². The van der Waals surface area contributed by atoms with Crippen LogP contribution in [0, 0.1) is 11.6 Å². The molecule has 0 fully saturated rings. The fraction of sp³-hybridized carbons (Fsp3) is 0.455. The summed E-state index contributed by atoms with van der Waals surface area (Å²) in [6.07, 6.45) is 0. The van der Waals surface area contributed by atoms with Gasteiger partial charge in [0, 0.05) is 19.7 Å². The van der Waals surface area contributed by atoms with Gasteiger partial charge >= 0.3 is 0 Å². The lowest BCUT2D eigenvalue weighted by atomic mass is 10.0. The average Bonchev–Trinajstić information content (AvgIpc) is 2.30. The van der Waals surface area contributed by atoms with Crippen molar-refractivity contribution < 1.29 is 17.2 Å². The van der Waals surface area contributed by atoms with Crippen molar-refractivity contribution >= 4 is 10.0 Å². The van der Waals surface area contributed by atoms with Gasteiger partial charge in [-0.25, -0.2) is 21.5 Å². The van der Waals surface area contributed by atoms with Gasteiger partial charge in [0.2, 0.25) is 10.0 Å². The quantitative estimate of drug-likeness (QED) is 0.901. The van der Waals surface area contributed by atoms with Crippen LogP contribution < -0.4 is 5.73 Å². The smallest absolute Gasteiger partial charge is 0.218 e. The lowest BCUT2D eigenvalue weighted by Crippen LogP contribution is -2.39. The summed E-state index contributed by atoms with van der Waals surface area (Å²) in [7, 11) is -0.911. The summed E-state index contributed by atoms with van der Waals surface area (Å²) in [4.78, 5) is 0. The second kappa shape index (κ2) is 5.29. The number of hydrogen-bond acceptors (Lipinski definition) is 3. The van der Waals surface area contributed by atoms with Gasteiger partial charge in [-0.3, -0.25) is 0 Å². The van der Waals surface area contributed by atoms with Gasteiger partial charge in [-0.2, -0.15) is 0 Å². The van der Waals surface area contributed by atoms with E-state index < -0.39 is 32.9 Å². The second-order valence-corrected chi connectivity index (χ2v) is 6.73. The first-order chi connectivity index (χ1) is 8.17. The van der Waals surface area contributed by atoms with Crippen molar-refractivity contribution in [1.82, 2.24) is 4.31 Å². The predicted octanol–water partition coefficient (Wildman–Crippen LogP) is 1.24. The molecule has 1 aromatic rings. The maximum Gasteiger partial charge on any atom is 0.218 e. The van der Waals surface area contributed by atoms with E-state index in [1.165, 1.54) is 21.0 Å². The monoisotopic (exact) mass is 278 g/mol. The van der Waals surface area contributed by atoms with Crippen LogP contribution >= 0.6 is 0 Å². The lowest BCUT2D eigenvalue weighted by molar-refractivity contribution is 0.488. The fourth-order valence-electron chi connectivity index (χ4n) is 1.54. The van der Waals surface area contributed by atoms with Crippen LogP contribution in [0.15, 0.2) is 18.2 Å². The van der Waals surface area contributed by atoms with Crippen molar-refractivity contribution in [2.24, 2.45) is 5.73 Å². The summed E-state index contributed by atoms with van der Waals surface area (Å²) >= 11 is 0. The average molecular weight is 278 g/mol. The van der Waals surface area contributed by atoms with Crippen LogP contribution in [0.4, 0.5) is 8.78 Å². The maximum atomic E-state index is 13.5. The first kappa shape index (κ1) is 15.0.